The Balaban J connectivity index is 1.55. The third-order valence-electron chi connectivity index (χ3n) is 6.73. The molecule has 0 saturated carbocycles. The first-order chi connectivity index (χ1) is 16.0. The fourth-order valence-electron chi connectivity index (χ4n) is 5.18. The van der Waals surface area contributed by atoms with Gasteiger partial charge in [-0.3, -0.25) is 4.31 Å². The quantitative estimate of drug-likeness (QED) is 0.477. The van der Waals surface area contributed by atoms with Gasteiger partial charge in [-0.15, -0.1) is 0 Å². The van der Waals surface area contributed by atoms with Crippen molar-refractivity contribution in [2.45, 2.75) is 30.2 Å². The van der Waals surface area contributed by atoms with E-state index in [0.717, 1.165) is 29.0 Å². The van der Waals surface area contributed by atoms with E-state index in [9.17, 15) is 8.42 Å². The second-order valence-electron chi connectivity index (χ2n) is 8.47. The molecule has 1 N–H and O–H groups in total. The fourth-order valence-corrected chi connectivity index (χ4v) is 6.69. The van der Waals surface area contributed by atoms with Crippen LogP contribution in [0.4, 0.5) is 11.4 Å². The summed E-state index contributed by atoms with van der Waals surface area (Å²) in [5.41, 5.74) is 3.80. The number of rotatable bonds is 6. The van der Waals surface area contributed by atoms with Gasteiger partial charge in [-0.1, -0.05) is 48.6 Å². The van der Waals surface area contributed by atoms with E-state index in [4.69, 9.17) is 4.74 Å². The highest BCUT2D eigenvalue weighted by molar-refractivity contribution is 7.92. The number of benzene rings is 3. The predicted octanol–water partition coefficient (Wildman–Crippen LogP) is 5.74. The molecular weight excluding hydrogens is 432 g/mol. The Kier molecular flexibility index (Phi) is 5.62. The number of nitrogens with one attached hydrogen (secondary N) is 1. The van der Waals surface area contributed by atoms with Crippen LogP contribution in [0.25, 0.3) is 0 Å². The summed E-state index contributed by atoms with van der Waals surface area (Å²) in [6.45, 7) is 2.22. The summed E-state index contributed by atoms with van der Waals surface area (Å²) < 4.78 is 34.3. The normalized spacial score (nSPS) is 21.1. The molecule has 0 saturated heterocycles. The standard InChI is InChI=1S/C27H28N2O3S/c1-3-29(19-10-5-4-6-11-19)33(30,31)20-16-17-25-24(18-20)21-13-9-14-22(21)27(28-25)23-12-7-8-15-26(23)32-2/h4-13,15-18,21-22,27-28H,3,14H2,1-2H3. The zero-order valence-corrected chi connectivity index (χ0v) is 19.6. The maximum atomic E-state index is 13.6. The Morgan fingerprint density at radius 2 is 1.76 bits per heavy atom. The first-order valence-corrected chi connectivity index (χ1v) is 12.8. The van der Waals surface area contributed by atoms with Gasteiger partial charge in [0.1, 0.15) is 5.75 Å². The van der Waals surface area contributed by atoms with E-state index in [1.165, 1.54) is 4.31 Å². The van der Waals surface area contributed by atoms with Crippen molar-refractivity contribution < 1.29 is 13.2 Å². The molecule has 5 nitrogen and oxygen atoms in total. The lowest BCUT2D eigenvalue weighted by Crippen LogP contribution is -2.32. The SMILES string of the molecule is CCN(c1ccccc1)S(=O)(=O)c1ccc2c(c1)C1C=CCC1C(c1ccccc1OC)N2. The van der Waals surface area contributed by atoms with E-state index in [0.29, 0.717) is 23.0 Å². The Morgan fingerprint density at radius 3 is 2.52 bits per heavy atom. The molecule has 170 valence electrons. The molecule has 0 bridgehead atoms. The summed E-state index contributed by atoms with van der Waals surface area (Å²) in [5, 5.41) is 3.68. The average Bonchev–Trinajstić information content (AvgIpc) is 3.34. The summed E-state index contributed by atoms with van der Waals surface area (Å²) in [7, 11) is -1.98. The summed E-state index contributed by atoms with van der Waals surface area (Å²) in [6, 6.07) is 22.9. The molecule has 3 atom stereocenters. The number of para-hydroxylation sites is 2. The van der Waals surface area contributed by atoms with Crippen molar-refractivity contribution in [2.75, 3.05) is 23.3 Å². The number of hydrogen-bond donors (Lipinski definition) is 1. The van der Waals surface area contributed by atoms with Crippen LogP contribution >= 0.6 is 0 Å². The summed E-state index contributed by atoms with van der Waals surface area (Å²) in [5.74, 6) is 1.31. The van der Waals surface area contributed by atoms with Crippen LogP contribution in [0, 0.1) is 5.92 Å². The van der Waals surface area contributed by atoms with E-state index in [1.807, 2.05) is 67.6 Å². The van der Waals surface area contributed by atoms with Crippen LogP contribution in [-0.4, -0.2) is 22.1 Å². The molecule has 6 heteroatoms. The number of anilines is 2. The molecular formula is C27H28N2O3S. The number of allylic oxidation sites excluding steroid dienone is 2. The van der Waals surface area contributed by atoms with Crippen molar-refractivity contribution in [1.82, 2.24) is 0 Å². The van der Waals surface area contributed by atoms with Gasteiger partial charge >= 0.3 is 0 Å². The van der Waals surface area contributed by atoms with Gasteiger partial charge in [0, 0.05) is 23.7 Å². The van der Waals surface area contributed by atoms with Crippen LogP contribution in [0.5, 0.6) is 5.75 Å². The van der Waals surface area contributed by atoms with Crippen molar-refractivity contribution in [3.63, 3.8) is 0 Å². The van der Waals surface area contributed by atoms with Crippen LogP contribution in [-0.2, 0) is 10.0 Å². The van der Waals surface area contributed by atoms with Crippen molar-refractivity contribution in [3.05, 3.63) is 96.1 Å². The van der Waals surface area contributed by atoms with Gasteiger partial charge in [0.05, 0.1) is 23.7 Å². The average molecular weight is 461 g/mol. The van der Waals surface area contributed by atoms with Gasteiger partial charge in [0.2, 0.25) is 0 Å². The second kappa shape index (κ2) is 8.60. The first-order valence-electron chi connectivity index (χ1n) is 11.3. The summed E-state index contributed by atoms with van der Waals surface area (Å²) >= 11 is 0. The molecule has 0 amide bonds. The zero-order chi connectivity index (χ0) is 23.0. The first kappa shape index (κ1) is 21.6. The van der Waals surface area contributed by atoms with E-state index in [1.54, 1.807) is 13.2 Å². The summed E-state index contributed by atoms with van der Waals surface area (Å²) in [4.78, 5) is 0.323. The molecule has 2 aliphatic rings. The van der Waals surface area contributed by atoms with Gasteiger partial charge in [-0.05, 0) is 61.2 Å². The third kappa shape index (κ3) is 3.68. The Labute approximate surface area is 195 Å². The van der Waals surface area contributed by atoms with Crippen LogP contribution < -0.4 is 14.4 Å². The number of methoxy groups -OCH3 is 1. The summed E-state index contributed by atoms with van der Waals surface area (Å²) in [6.07, 6.45) is 5.36. The lowest BCUT2D eigenvalue weighted by Gasteiger charge is -2.38. The van der Waals surface area contributed by atoms with Gasteiger partial charge in [0.25, 0.3) is 10.0 Å². The van der Waals surface area contributed by atoms with E-state index < -0.39 is 10.0 Å². The third-order valence-corrected chi connectivity index (χ3v) is 8.63. The lowest BCUT2D eigenvalue weighted by atomic mass is 9.77. The fraction of sp³-hybridized carbons (Fsp3) is 0.259. The van der Waals surface area contributed by atoms with Crippen molar-refractivity contribution in [2.24, 2.45) is 5.92 Å². The molecule has 5 rings (SSSR count). The highest BCUT2D eigenvalue weighted by Gasteiger charge is 2.39. The molecule has 0 fully saturated rings. The Hall–Kier alpha value is -3.25. The van der Waals surface area contributed by atoms with E-state index in [-0.39, 0.29) is 12.0 Å². The minimum absolute atomic E-state index is 0.0903. The van der Waals surface area contributed by atoms with Crippen LogP contribution in [0.3, 0.4) is 0 Å². The highest BCUT2D eigenvalue weighted by Crippen LogP contribution is 2.51. The molecule has 1 heterocycles. The van der Waals surface area contributed by atoms with Gasteiger partial charge < -0.3 is 10.1 Å². The molecule has 33 heavy (non-hydrogen) atoms. The predicted molar refractivity (Wildman–Crippen MR) is 132 cm³/mol. The van der Waals surface area contributed by atoms with Crippen molar-refractivity contribution >= 4 is 21.4 Å². The molecule has 3 aromatic rings. The maximum absolute atomic E-state index is 13.6. The minimum atomic E-state index is -3.68. The number of hydrogen-bond acceptors (Lipinski definition) is 4. The Bertz CT molecular complexity index is 1290. The number of ether oxygens (including phenoxy) is 1. The van der Waals surface area contributed by atoms with Crippen molar-refractivity contribution in [1.29, 1.82) is 0 Å². The molecule has 0 radical (unpaired) electrons. The molecule has 1 aliphatic carbocycles. The number of fused-ring (bicyclic) bond motifs is 3. The molecule has 0 aromatic heterocycles. The lowest BCUT2D eigenvalue weighted by molar-refractivity contribution is 0.381. The van der Waals surface area contributed by atoms with E-state index >= 15 is 0 Å². The van der Waals surface area contributed by atoms with Crippen LogP contribution in [0.2, 0.25) is 0 Å². The number of nitrogens with zero attached hydrogens (tertiary/aromatic N) is 1. The largest absolute Gasteiger partial charge is 0.496 e. The van der Waals surface area contributed by atoms with Gasteiger partial charge in [0.15, 0.2) is 0 Å². The molecule has 1 aliphatic heterocycles. The molecule has 3 unspecified atom stereocenters. The Morgan fingerprint density at radius 1 is 1.00 bits per heavy atom. The minimum Gasteiger partial charge on any atom is -0.496 e. The second-order valence-corrected chi connectivity index (χ2v) is 10.3. The topological polar surface area (TPSA) is 58.6 Å². The van der Waals surface area contributed by atoms with Crippen molar-refractivity contribution in [3.8, 4) is 5.75 Å². The zero-order valence-electron chi connectivity index (χ0n) is 18.8. The molecule has 3 aromatic carbocycles. The van der Waals surface area contributed by atoms with Gasteiger partial charge in [-0.2, -0.15) is 0 Å². The van der Waals surface area contributed by atoms with E-state index in [2.05, 4.69) is 23.5 Å². The monoisotopic (exact) mass is 460 g/mol. The highest BCUT2D eigenvalue weighted by atomic mass is 32.2. The number of sulfonamides is 1. The van der Waals surface area contributed by atoms with Gasteiger partial charge in [-0.25, -0.2) is 8.42 Å². The smallest absolute Gasteiger partial charge is 0.264 e. The molecule has 0 spiro atoms. The van der Waals surface area contributed by atoms with Crippen LogP contribution in [0.15, 0.2) is 89.8 Å². The van der Waals surface area contributed by atoms with Crippen LogP contribution in [0.1, 0.15) is 36.4 Å². The maximum Gasteiger partial charge on any atom is 0.264 e.